The average molecular weight is 376 g/mol. The zero-order valence-corrected chi connectivity index (χ0v) is 15.2. The molecule has 2 aromatic heterocycles. The number of carbonyl (C=O) groups is 1. The Labute approximate surface area is 158 Å². The summed E-state index contributed by atoms with van der Waals surface area (Å²) in [4.78, 5) is 31.9. The number of aromatic nitrogens is 3. The van der Waals surface area contributed by atoms with Crippen LogP contribution in [0.15, 0.2) is 53.3 Å². The highest BCUT2D eigenvalue weighted by molar-refractivity contribution is 7.18. The molecule has 0 aliphatic carbocycles. The van der Waals surface area contributed by atoms with E-state index in [-0.39, 0.29) is 17.5 Å². The molecule has 2 aromatic carbocycles. The summed E-state index contributed by atoms with van der Waals surface area (Å²) >= 11 is 1.63. The van der Waals surface area contributed by atoms with Gasteiger partial charge in [-0.15, -0.1) is 11.3 Å². The summed E-state index contributed by atoms with van der Waals surface area (Å²) in [5.41, 5.74) is 0.967. The summed E-state index contributed by atoms with van der Waals surface area (Å²) in [7, 11) is 0. The number of hydrogen-bond acceptors (Lipinski definition) is 5. The lowest BCUT2D eigenvalue weighted by molar-refractivity contribution is 0.0730. The molecule has 0 radical (unpaired) electrons. The Morgan fingerprint density at radius 1 is 1.11 bits per heavy atom. The molecular weight excluding hydrogens is 360 g/mol. The quantitative estimate of drug-likeness (QED) is 0.581. The number of para-hydroxylation sites is 1. The number of hydrogen-bond donors (Lipinski definition) is 1. The number of nitrogens with one attached hydrogen (secondary N) is 1. The molecule has 1 aliphatic rings. The van der Waals surface area contributed by atoms with Crippen LogP contribution in [-0.2, 0) is 0 Å². The standard InChI is InChI=1S/C20H16N4O2S/c25-18-13-7-2-1-6-12(13)17(22-23-18)20(26)24-11-5-9-15(24)19-21-14-8-3-4-10-16(14)27-19/h1-4,6-8,10,15H,5,9,11H2,(H,23,25). The summed E-state index contributed by atoms with van der Waals surface area (Å²) in [6, 6.07) is 15.0. The van der Waals surface area contributed by atoms with E-state index in [1.807, 2.05) is 29.2 Å². The molecule has 1 atom stereocenters. The molecule has 1 unspecified atom stereocenters. The number of carbonyl (C=O) groups excluding carboxylic acids is 1. The largest absolute Gasteiger partial charge is 0.328 e. The lowest BCUT2D eigenvalue weighted by Crippen LogP contribution is -2.32. The van der Waals surface area contributed by atoms with Crippen molar-refractivity contribution in [2.24, 2.45) is 0 Å². The molecule has 0 saturated carbocycles. The molecular formula is C20H16N4O2S. The Kier molecular flexibility index (Phi) is 3.75. The number of benzene rings is 2. The van der Waals surface area contributed by atoms with Gasteiger partial charge in [-0.1, -0.05) is 30.3 Å². The van der Waals surface area contributed by atoms with Gasteiger partial charge in [0, 0.05) is 11.9 Å². The number of thiazole rings is 1. The van der Waals surface area contributed by atoms with Crippen molar-refractivity contribution in [3.63, 3.8) is 0 Å². The van der Waals surface area contributed by atoms with E-state index in [1.165, 1.54) is 0 Å². The van der Waals surface area contributed by atoms with Crippen molar-refractivity contribution in [2.45, 2.75) is 18.9 Å². The maximum absolute atomic E-state index is 13.3. The maximum Gasteiger partial charge on any atom is 0.275 e. The monoisotopic (exact) mass is 376 g/mol. The third-order valence-electron chi connectivity index (χ3n) is 5.01. The smallest absolute Gasteiger partial charge is 0.275 e. The van der Waals surface area contributed by atoms with Crippen LogP contribution in [0.2, 0.25) is 0 Å². The van der Waals surface area contributed by atoms with E-state index in [0.717, 1.165) is 28.1 Å². The maximum atomic E-state index is 13.3. The van der Waals surface area contributed by atoms with Crippen molar-refractivity contribution >= 4 is 38.2 Å². The number of rotatable bonds is 2. The summed E-state index contributed by atoms with van der Waals surface area (Å²) in [5, 5.41) is 8.55. The van der Waals surface area contributed by atoms with Gasteiger partial charge in [0.15, 0.2) is 5.69 Å². The van der Waals surface area contributed by atoms with Gasteiger partial charge >= 0.3 is 0 Å². The van der Waals surface area contributed by atoms with E-state index >= 15 is 0 Å². The van der Waals surface area contributed by atoms with Crippen LogP contribution in [0.1, 0.15) is 34.4 Å². The molecule has 1 amide bonds. The van der Waals surface area contributed by atoms with E-state index in [1.54, 1.807) is 29.5 Å². The van der Waals surface area contributed by atoms with Crippen molar-refractivity contribution in [2.75, 3.05) is 6.54 Å². The zero-order valence-electron chi connectivity index (χ0n) is 14.4. The molecule has 27 heavy (non-hydrogen) atoms. The summed E-state index contributed by atoms with van der Waals surface area (Å²) < 4.78 is 1.12. The topological polar surface area (TPSA) is 79.0 Å². The van der Waals surface area contributed by atoms with Crippen LogP contribution in [0.4, 0.5) is 0 Å². The van der Waals surface area contributed by atoms with E-state index in [9.17, 15) is 9.59 Å². The summed E-state index contributed by atoms with van der Waals surface area (Å²) in [6.07, 6.45) is 1.81. The first kappa shape index (κ1) is 16.1. The molecule has 0 bridgehead atoms. The van der Waals surface area contributed by atoms with Gasteiger partial charge in [-0.2, -0.15) is 5.10 Å². The van der Waals surface area contributed by atoms with Crippen LogP contribution in [0, 0.1) is 0 Å². The van der Waals surface area contributed by atoms with Crippen LogP contribution in [0.3, 0.4) is 0 Å². The minimum absolute atomic E-state index is 0.0533. The van der Waals surface area contributed by atoms with Gasteiger partial charge in [0.05, 0.1) is 21.6 Å². The molecule has 4 aromatic rings. The van der Waals surface area contributed by atoms with Crippen molar-refractivity contribution in [1.82, 2.24) is 20.1 Å². The highest BCUT2D eigenvalue weighted by atomic mass is 32.1. The molecule has 1 aliphatic heterocycles. The minimum atomic E-state index is -0.286. The van der Waals surface area contributed by atoms with Crippen molar-refractivity contribution in [3.8, 4) is 0 Å². The van der Waals surface area contributed by atoms with E-state index < -0.39 is 0 Å². The molecule has 5 rings (SSSR count). The van der Waals surface area contributed by atoms with Crippen molar-refractivity contribution in [1.29, 1.82) is 0 Å². The molecule has 1 N–H and O–H groups in total. The minimum Gasteiger partial charge on any atom is -0.328 e. The Balaban J connectivity index is 1.56. The average Bonchev–Trinajstić information content (AvgIpc) is 3.34. The highest BCUT2D eigenvalue weighted by Gasteiger charge is 2.34. The molecule has 6 nitrogen and oxygen atoms in total. The van der Waals surface area contributed by atoms with Crippen LogP contribution in [-0.4, -0.2) is 32.5 Å². The first-order valence-electron chi connectivity index (χ1n) is 8.86. The van der Waals surface area contributed by atoms with Crippen LogP contribution < -0.4 is 5.56 Å². The number of H-pyrrole nitrogens is 1. The third-order valence-corrected chi connectivity index (χ3v) is 6.15. The Morgan fingerprint density at radius 2 is 1.89 bits per heavy atom. The first-order chi connectivity index (χ1) is 13.2. The molecule has 1 saturated heterocycles. The number of aromatic amines is 1. The molecule has 134 valence electrons. The number of amides is 1. The molecule has 3 heterocycles. The Bertz CT molecular complexity index is 1200. The SMILES string of the molecule is O=C(c1n[nH]c(=O)c2ccccc12)N1CCCC1c1nc2ccccc2s1. The Morgan fingerprint density at radius 3 is 2.74 bits per heavy atom. The summed E-state index contributed by atoms with van der Waals surface area (Å²) in [5.74, 6) is -0.163. The predicted octanol–water partition coefficient (Wildman–Crippen LogP) is 3.51. The Hall–Kier alpha value is -3.06. The van der Waals surface area contributed by atoms with Gasteiger partial charge in [0.2, 0.25) is 0 Å². The fraction of sp³-hybridized carbons (Fsp3) is 0.200. The van der Waals surface area contributed by atoms with Gasteiger partial charge in [0.1, 0.15) is 5.01 Å². The lowest BCUT2D eigenvalue weighted by atomic mass is 10.1. The number of likely N-dealkylation sites (tertiary alicyclic amines) is 1. The predicted molar refractivity (Wildman–Crippen MR) is 105 cm³/mol. The second kappa shape index (κ2) is 6.28. The van der Waals surface area contributed by atoms with Gasteiger partial charge in [-0.25, -0.2) is 10.1 Å². The first-order valence-corrected chi connectivity index (χ1v) is 9.68. The fourth-order valence-electron chi connectivity index (χ4n) is 3.71. The normalized spacial score (nSPS) is 17.0. The third kappa shape index (κ3) is 2.62. The van der Waals surface area contributed by atoms with Gasteiger partial charge in [-0.05, 0) is 31.0 Å². The van der Waals surface area contributed by atoms with E-state index in [4.69, 9.17) is 4.98 Å². The molecule has 1 fully saturated rings. The van der Waals surface area contributed by atoms with Crippen LogP contribution in [0.25, 0.3) is 21.0 Å². The van der Waals surface area contributed by atoms with Crippen molar-refractivity contribution < 1.29 is 4.79 Å². The second-order valence-electron chi connectivity index (χ2n) is 6.62. The van der Waals surface area contributed by atoms with Gasteiger partial charge < -0.3 is 4.90 Å². The van der Waals surface area contributed by atoms with Gasteiger partial charge in [0.25, 0.3) is 11.5 Å². The van der Waals surface area contributed by atoms with E-state index in [2.05, 4.69) is 16.3 Å². The van der Waals surface area contributed by atoms with Crippen LogP contribution in [0.5, 0.6) is 0 Å². The lowest BCUT2D eigenvalue weighted by Gasteiger charge is -2.23. The molecule has 7 heteroatoms. The van der Waals surface area contributed by atoms with Gasteiger partial charge in [-0.3, -0.25) is 9.59 Å². The number of fused-ring (bicyclic) bond motifs is 2. The molecule has 0 spiro atoms. The summed E-state index contributed by atoms with van der Waals surface area (Å²) in [6.45, 7) is 0.661. The highest BCUT2D eigenvalue weighted by Crippen LogP contribution is 2.37. The van der Waals surface area contributed by atoms with E-state index in [0.29, 0.717) is 23.0 Å². The zero-order chi connectivity index (χ0) is 18.4. The fourth-order valence-corrected chi connectivity index (χ4v) is 4.83. The second-order valence-corrected chi connectivity index (χ2v) is 7.69. The van der Waals surface area contributed by atoms with Crippen LogP contribution >= 0.6 is 11.3 Å². The number of nitrogens with zero attached hydrogens (tertiary/aromatic N) is 3. The van der Waals surface area contributed by atoms with Crippen molar-refractivity contribution in [3.05, 3.63) is 69.6 Å².